The van der Waals surface area contributed by atoms with Crippen LogP contribution in [0.1, 0.15) is 20.5 Å². The average molecular weight is 373 g/mol. The van der Waals surface area contributed by atoms with E-state index in [2.05, 4.69) is 54.9 Å². The van der Waals surface area contributed by atoms with Gasteiger partial charge in [-0.1, -0.05) is 0 Å². The van der Waals surface area contributed by atoms with Crippen LogP contribution in [-0.2, 0) is 13.1 Å². The van der Waals surface area contributed by atoms with E-state index in [-0.39, 0.29) is 0 Å². The summed E-state index contributed by atoms with van der Waals surface area (Å²) in [5.74, 6) is 0.792. The van der Waals surface area contributed by atoms with Crippen LogP contribution in [0.4, 0.5) is 0 Å². The maximum Gasteiger partial charge on any atom is 0.191 e. The fourth-order valence-corrected chi connectivity index (χ4v) is 3.88. The van der Waals surface area contributed by atoms with E-state index in [1.165, 1.54) is 9.75 Å². The summed E-state index contributed by atoms with van der Waals surface area (Å²) in [6, 6.07) is 2.11. The number of aryl methyl sites for hydroxylation is 2. The first-order chi connectivity index (χ1) is 9.58. The smallest absolute Gasteiger partial charge is 0.191 e. The standard InChI is InChI=1S/C13H17BrN4S2/c1-8-9(2)20-12(18-8)6-17-13(15-3)16-5-11-4-10(14)7-19-11/h4,7H,5-6H2,1-3H3,(H2,15,16,17). The molecule has 7 heteroatoms. The van der Waals surface area contributed by atoms with Gasteiger partial charge in [0.05, 0.1) is 18.8 Å². The Hall–Kier alpha value is -0.920. The van der Waals surface area contributed by atoms with Crippen molar-refractivity contribution in [2.24, 2.45) is 4.99 Å². The number of halogens is 1. The number of aromatic nitrogens is 1. The summed E-state index contributed by atoms with van der Waals surface area (Å²) in [5, 5.41) is 9.74. The van der Waals surface area contributed by atoms with Crippen molar-refractivity contribution in [3.05, 3.63) is 36.4 Å². The third kappa shape index (κ3) is 4.29. The van der Waals surface area contributed by atoms with Crippen LogP contribution in [0.2, 0.25) is 0 Å². The number of guanidine groups is 1. The summed E-state index contributed by atoms with van der Waals surface area (Å²) in [7, 11) is 1.78. The van der Waals surface area contributed by atoms with Gasteiger partial charge < -0.3 is 10.6 Å². The van der Waals surface area contributed by atoms with Crippen molar-refractivity contribution in [2.75, 3.05) is 7.05 Å². The second-order valence-electron chi connectivity index (χ2n) is 4.26. The molecule has 0 atom stereocenters. The molecule has 0 spiro atoms. The summed E-state index contributed by atoms with van der Waals surface area (Å²) >= 11 is 6.90. The lowest BCUT2D eigenvalue weighted by Crippen LogP contribution is -2.36. The van der Waals surface area contributed by atoms with Crippen LogP contribution in [0.15, 0.2) is 20.9 Å². The highest BCUT2D eigenvalue weighted by atomic mass is 79.9. The summed E-state index contributed by atoms with van der Waals surface area (Å²) < 4.78 is 1.12. The summed E-state index contributed by atoms with van der Waals surface area (Å²) in [6.45, 7) is 5.61. The van der Waals surface area contributed by atoms with Crippen LogP contribution in [-0.4, -0.2) is 18.0 Å². The molecule has 0 aliphatic carbocycles. The van der Waals surface area contributed by atoms with Gasteiger partial charge in [-0.15, -0.1) is 22.7 Å². The molecule has 2 rings (SSSR count). The van der Waals surface area contributed by atoms with Crippen LogP contribution >= 0.6 is 38.6 Å². The molecule has 0 fully saturated rings. The second kappa shape index (κ2) is 7.19. The Bertz CT molecular complexity index is 584. The van der Waals surface area contributed by atoms with Crippen molar-refractivity contribution in [1.29, 1.82) is 0 Å². The molecule has 2 heterocycles. The van der Waals surface area contributed by atoms with Crippen molar-refractivity contribution in [3.63, 3.8) is 0 Å². The van der Waals surface area contributed by atoms with Crippen molar-refractivity contribution in [3.8, 4) is 0 Å². The van der Waals surface area contributed by atoms with Crippen molar-refractivity contribution in [1.82, 2.24) is 15.6 Å². The molecule has 0 aliphatic heterocycles. The minimum atomic E-state index is 0.702. The van der Waals surface area contributed by atoms with E-state index in [1.807, 2.05) is 6.92 Å². The monoisotopic (exact) mass is 372 g/mol. The van der Waals surface area contributed by atoms with Crippen LogP contribution in [0.5, 0.6) is 0 Å². The molecule has 0 amide bonds. The zero-order valence-corrected chi connectivity index (χ0v) is 14.9. The molecule has 0 bridgehead atoms. The zero-order chi connectivity index (χ0) is 14.5. The van der Waals surface area contributed by atoms with E-state index in [0.29, 0.717) is 6.54 Å². The molecule has 0 radical (unpaired) electrons. The fraction of sp³-hybridized carbons (Fsp3) is 0.385. The molecule has 20 heavy (non-hydrogen) atoms. The molecule has 0 aliphatic rings. The lowest BCUT2D eigenvalue weighted by molar-refractivity contribution is 0.809. The number of hydrogen-bond acceptors (Lipinski definition) is 4. The number of aliphatic imine (C=N–C) groups is 1. The highest BCUT2D eigenvalue weighted by Gasteiger charge is 2.05. The van der Waals surface area contributed by atoms with Gasteiger partial charge in [0.15, 0.2) is 5.96 Å². The maximum atomic E-state index is 4.51. The first-order valence-corrected chi connectivity index (χ1v) is 8.67. The van der Waals surface area contributed by atoms with Gasteiger partial charge in [-0.2, -0.15) is 0 Å². The first kappa shape index (κ1) is 15.5. The topological polar surface area (TPSA) is 49.3 Å². The number of rotatable bonds is 4. The maximum absolute atomic E-state index is 4.51. The van der Waals surface area contributed by atoms with Gasteiger partial charge in [0, 0.05) is 26.7 Å². The number of nitrogens with one attached hydrogen (secondary N) is 2. The summed E-state index contributed by atoms with van der Waals surface area (Å²) in [6.07, 6.45) is 0. The summed E-state index contributed by atoms with van der Waals surface area (Å²) in [5.41, 5.74) is 1.11. The number of nitrogens with zero attached hydrogens (tertiary/aromatic N) is 2. The molecule has 2 N–H and O–H groups in total. The van der Waals surface area contributed by atoms with Crippen LogP contribution in [0.25, 0.3) is 0 Å². The second-order valence-corrected chi connectivity index (χ2v) is 7.46. The fourth-order valence-electron chi connectivity index (χ4n) is 1.61. The van der Waals surface area contributed by atoms with Gasteiger partial charge in [-0.3, -0.25) is 4.99 Å². The van der Waals surface area contributed by atoms with Gasteiger partial charge in [0.2, 0.25) is 0 Å². The Kier molecular flexibility index (Phi) is 5.56. The van der Waals surface area contributed by atoms with Crippen LogP contribution in [0.3, 0.4) is 0 Å². The minimum Gasteiger partial charge on any atom is -0.352 e. The van der Waals surface area contributed by atoms with E-state index in [4.69, 9.17) is 0 Å². The molecule has 108 valence electrons. The quantitative estimate of drug-likeness (QED) is 0.638. The third-order valence-electron chi connectivity index (χ3n) is 2.76. The highest BCUT2D eigenvalue weighted by molar-refractivity contribution is 9.10. The molecule has 4 nitrogen and oxygen atoms in total. The van der Waals surface area contributed by atoms with E-state index in [0.717, 1.165) is 27.7 Å². The SMILES string of the molecule is CN=C(NCc1cc(Br)cs1)NCc1nc(C)c(C)s1. The molecule has 2 aromatic heterocycles. The minimum absolute atomic E-state index is 0.702. The Balaban J connectivity index is 1.83. The third-order valence-corrected chi connectivity index (χ3v) is 5.53. The van der Waals surface area contributed by atoms with E-state index < -0.39 is 0 Å². The average Bonchev–Trinajstić information content (AvgIpc) is 2.97. The predicted molar refractivity (Wildman–Crippen MR) is 90.6 cm³/mol. The van der Waals surface area contributed by atoms with E-state index >= 15 is 0 Å². The lowest BCUT2D eigenvalue weighted by atomic mass is 10.4. The van der Waals surface area contributed by atoms with Gasteiger partial charge in [0.1, 0.15) is 5.01 Å². The van der Waals surface area contributed by atoms with E-state index in [9.17, 15) is 0 Å². The van der Waals surface area contributed by atoms with Gasteiger partial charge in [-0.25, -0.2) is 4.98 Å². The molecule has 2 aromatic rings. The Morgan fingerprint density at radius 3 is 2.65 bits per heavy atom. The Morgan fingerprint density at radius 2 is 2.10 bits per heavy atom. The van der Waals surface area contributed by atoms with Crippen molar-refractivity contribution < 1.29 is 0 Å². The normalized spacial score (nSPS) is 11.7. The zero-order valence-electron chi connectivity index (χ0n) is 11.7. The predicted octanol–water partition coefficient (Wildman–Crippen LogP) is 3.45. The van der Waals surface area contributed by atoms with Crippen molar-refractivity contribution >= 4 is 44.6 Å². The van der Waals surface area contributed by atoms with Gasteiger partial charge in [-0.05, 0) is 35.8 Å². The van der Waals surface area contributed by atoms with E-state index in [1.54, 1.807) is 29.7 Å². The number of thiophene rings is 1. The molecular weight excluding hydrogens is 356 g/mol. The molecule has 0 saturated heterocycles. The molecule has 0 aromatic carbocycles. The number of hydrogen-bond donors (Lipinski definition) is 2. The van der Waals surface area contributed by atoms with Crippen molar-refractivity contribution in [2.45, 2.75) is 26.9 Å². The van der Waals surface area contributed by atoms with Crippen LogP contribution < -0.4 is 10.6 Å². The van der Waals surface area contributed by atoms with Gasteiger partial charge >= 0.3 is 0 Å². The van der Waals surface area contributed by atoms with Gasteiger partial charge in [0.25, 0.3) is 0 Å². The molecular formula is C13H17BrN4S2. The number of thiazole rings is 1. The van der Waals surface area contributed by atoms with Crippen LogP contribution in [0, 0.1) is 13.8 Å². The molecule has 0 unspecified atom stereocenters. The first-order valence-electron chi connectivity index (χ1n) is 6.19. The highest BCUT2D eigenvalue weighted by Crippen LogP contribution is 2.19. The lowest BCUT2D eigenvalue weighted by Gasteiger charge is -2.09. The Morgan fingerprint density at radius 1 is 1.35 bits per heavy atom. The molecule has 0 saturated carbocycles. The summed E-state index contributed by atoms with van der Waals surface area (Å²) in [4.78, 5) is 11.3. The largest absolute Gasteiger partial charge is 0.352 e. The Labute approximate surface area is 135 Å².